The van der Waals surface area contributed by atoms with Gasteiger partial charge in [-0.15, -0.1) is 8.67 Å². The van der Waals surface area contributed by atoms with Crippen LogP contribution in [0.15, 0.2) is 0 Å². The monoisotopic (exact) mass is 361 g/mol. The fourth-order valence-corrected chi connectivity index (χ4v) is 2.61. The molecule has 0 heterocycles. The van der Waals surface area contributed by atoms with Crippen molar-refractivity contribution in [3.05, 3.63) is 10.1 Å². The number of hydrogen-bond acceptors (Lipinski definition) is 10. The van der Waals surface area contributed by atoms with Crippen molar-refractivity contribution in [3.63, 3.8) is 0 Å². The molecule has 0 aromatic rings. The molecular weight excluding hydrogens is 345 g/mol. The number of nitro groups is 1. The van der Waals surface area contributed by atoms with Crippen LogP contribution in [0.5, 0.6) is 0 Å². The zero-order valence-electron chi connectivity index (χ0n) is 12.2. The van der Waals surface area contributed by atoms with E-state index >= 15 is 0 Å². The largest absolute Gasteiger partial charge is 1.00 e. The van der Waals surface area contributed by atoms with Crippen LogP contribution in [-0.2, 0) is 28.9 Å². The summed E-state index contributed by atoms with van der Waals surface area (Å²) in [5, 5.41) is 26.7. The van der Waals surface area contributed by atoms with Gasteiger partial charge in [-0.2, -0.15) is 16.8 Å². The Balaban J connectivity index is -0.00000180. The van der Waals surface area contributed by atoms with Crippen molar-refractivity contribution in [2.75, 3.05) is 11.5 Å². The van der Waals surface area contributed by atoms with Crippen LogP contribution in [-0.4, -0.2) is 49.8 Å². The van der Waals surface area contributed by atoms with Crippen LogP contribution >= 0.6 is 0 Å². The molecule has 0 aromatic carbocycles. The van der Waals surface area contributed by atoms with Gasteiger partial charge in [0.25, 0.3) is 20.2 Å². The van der Waals surface area contributed by atoms with Gasteiger partial charge >= 0.3 is 29.6 Å². The second-order valence-electron chi connectivity index (χ2n) is 3.90. The van der Waals surface area contributed by atoms with Crippen molar-refractivity contribution in [1.82, 2.24) is 0 Å². The molecule has 11 nitrogen and oxygen atoms in total. The van der Waals surface area contributed by atoms with E-state index in [4.69, 9.17) is 10.5 Å². The maximum atomic E-state index is 10.8. The molecule has 21 heavy (non-hydrogen) atoms. The molecule has 0 aliphatic rings. The molecule has 14 heteroatoms. The van der Waals surface area contributed by atoms with Crippen molar-refractivity contribution >= 4 is 20.2 Å². The number of rotatable bonds is 11. The van der Waals surface area contributed by atoms with Crippen LogP contribution in [0, 0.1) is 10.1 Å². The molecule has 2 N–H and O–H groups in total. The third-order valence-corrected chi connectivity index (χ3v) is 4.42. The van der Waals surface area contributed by atoms with Gasteiger partial charge in [0, 0.05) is 17.8 Å². The van der Waals surface area contributed by atoms with E-state index in [0.717, 1.165) is 0 Å². The summed E-state index contributed by atoms with van der Waals surface area (Å²) in [4.78, 5) is 10.0. The van der Waals surface area contributed by atoms with E-state index in [1.54, 1.807) is 0 Å². The van der Waals surface area contributed by atoms with Crippen LogP contribution in [0.2, 0.25) is 0 Å². The van der Waals surface area contributed by atoms with Crippen molar-refractivity contribution in [2.45, 2.75) is 31.7 Å². The molecule has 0 aliphatic carbocycles. The third kappa shape index (κ3) is 11.4. The topological polar surface area (TPSA) is 170 Å². The van der Waals surface area contributed by atoms with E-state index < -0.39 is 42.7 Å². The molecule has 0 spiro atoms. The van der Waals surface area contributed by atoms with Crippen molar-refractivity contribution in [1.29, 1.82) is 0 Å². The fourth-order valence-electron chi connectivity index (χ4n) is 1.42. The average molecular weight is 361 g/mol. The molecule has 0 unspecified atom stereocenters. The van der Waals surface area contributed by atoms with Gasteiger partial charge in [0.05, 0.1) is 11.5 Å². The van der Waals surface area contributed by atoms with E-state index in [0.29, 0.717) is 0 Å². The summed E-state index contributed by atoms with van der Waals surface area (Å²) < 4.78 is 49.5. The minimum Gasteiger partial charge on any atom is -1.00 e. The maximum Gasteiger partial charge on any atom is 1.00 e. The molecule has 0 aromatic heterocycles. The van der Waals surface area contributed by atoms with Gasteiger partial charge in [0.1, 0.15) is 0 Å². The molecule has 0 saturated heterocycles. The van der Waals surface area contributed by atoms with Crippen LogP contribution < -0.4 is 29.6 Å². The standard InChI is InChI=1S/C7H15NO10S2.Na.H/c9-8(10)7(3-1-5-19(13,14)17-11)4-2-6-20(15,16)18-12;;/h7,11-12H,1-6H2;;/q;+1;-1. The maximum absolute atomic E-state index is 10.8. The zero-order chi connectivity index (χ0) is 15.8. The molecule has 0 fully saturated rings. The Morgan fingerprint density at radius 1 is 1.00 bits per heavy atom. The number of hydrogen-bond donors (Lipinski definition) is 2. The van der Waals surface area contributed by atoms with Gasteiger partial charge in [-0.25, -0.2) is 10.5 Å². The second-order valence-corrected chi connectivity index (χ2v) is 7.24. The SMILES string of the molecule is O=[N+]([O-])C(CCCS(=O)(=O)OO)CCCS(=O)(=O)OO.[H-].[Na+]. The molecular formula is C7H16NNaO10S2. The van der Waals surface area contributed by atoms with Crippen LogP contribution in [0.25, 0.3) is 0 Å². The Morgan fingerprint density at radius 2 is 1.33 bits per heavy atom. The first-order chi connectivity index (χ1) is 9.13. The fraction of sp³-hybridized carbons (Fsp3) is 1.00. The van der Waals surface area contributed by atoms with Crippen LogP contribution in [0.3, 0.4) is 0 Å². The van der Waals surface area contributed by atoms with Gasteiger partial charge < -0.3 is 1.43 Å². The Kier molecular flexibility index (Phi) is 12.0. The van der Waals surface area contributed by atoms with E-state index in [1.807, 2.05) is 0 Å². The predicted molar refractivity (Wildman–Crippen MR) is 65.4 cm³/mol. The van der Waals surface area contributed by atoms with Gasteiger partial charge in [-0.05, 0) is 12.8 Å². The summed E-state index contributed by atoms with van der Waals surface area (Å²) in [6.45, 7) is 0. The Hall–Kier alpha value is 0.140. The molecule has 0 bridgehead atoms. The number of nitrogens with zero attached hydrogens (tertiary/aromatic N) is 1. The summed E-state index contributed by atoms with van der Waals surface area (Å²) in [5.74, 6) is -1.18. The molecule has 122 valence electrons. The van der Waals surface area contributed by atoms with Crippen molar-refractivity contribution < 1.29 is 71.9 Å². The van der Waals surface area contributed by atoms with Gasteiger partial charge in [-0.1, -0.05) is 0 Å². The van der Waals surface area contributed by atoms with Crippen molar-refractivity contribution in [2.24, 2.45) is 0 Å². The van der Waals surface area contributed by atoms with E-state index in [-0.39, 0.29) is 56.7 Å². The molecule has 0 atom stereocenters. The first-order valence-electron chi connectivity index (χ1n) is 5.38. The molecule has 0 amide bonds. The minimum absolute atomic E-state index is 0. The van der Waals surface area contributed by atoms with E-state index in [1.165, 1.54) is 0 Å². The first-order valence-corrected chi connectivity index (χ1v) is 8.54. The summed E-state index contributed by atoms with van der Waals surface area (Å²) in [6, 6.07) is -1.14. The van der Waals surface area contributed by atoms with Gasteiger partial charge in [-0.3, -0.25) is 10.1 Å². The van der Waals surface area contributed by atoms with Crippen molar-refractivity contribution in [3.8, 4) is 0 Å². The molecule has 0 saturated carbocycles. The summed E-state index contributed by atoms with van der Waals surface area (Å²) >= 11 is 0. The van der Waals surface area contributed by atoms with Crippen LogP contribution in [0.1, 0.15) is 27.1 Å². The zero-order valence-corrected chi connectivity index (χ0v) is 14.9. The Labute approximate surface area is 145 Å². The molecule has 0 aliphatic heterocycles. The average Bonchev–Trinajstić information content (AvgIpc) is 2.36. The smallest absolute Gasteiger partial charge is 1.00 e. The predicted octanol–water partition coefficient (Wildman–Crippen LogP) is -3.05. The van der Waals surface area contributed by atoms with Crippen LogP contribution in [0.4, 0.5) is 0 Å². The van der Waals surface area contributed by atoms with Gasteiger partial charge in [0.2, 0.25) is 6.04 Å². The first kappa shape index (κ1) is 23.4. The summed E-state index contributed by atoms with van der Waals surface area (Å²) in [6.07, 6.45) is -0.513. The summed E-state index contributed by atoms with van der Waals surface area (Å²) in [5.41, 5.74) is 0. The Morgan fingerprint density at radius 3 is 1.57 bits per heavy atom. The molecule has 0 rings (SSSR count). The Bertz CT molecular complexity index is 469. The van der Waals surface area contributed by atoms with E-state index in [2.05, 4.69) is 8.67 Å². The van der Waals surface area contributed by atoms with E-state index in [9.17, 15) is 26.9 Å². The van der Waals surface area contributed by atoms with Gasteiger partial charge in [0.15, 0.2) is 0 Å². The summed E-state index contributed by atoms with van der Waals surface area (Å²) in [7, 11) is -8.21. The molecule has 0 radical (unpaired) electrons. The quantitative estimate of drug-likeness (QED) is 0.167. The third-order valence-electron chi connectivity index (χ3n) is 2.39. The second kappa shape index (κ2) is 10.8. The minimum atomic E-state index is -4.10. The normalized spacial score (nSPS) is 12.1.